The van der Waals surface area contributed by atoms with Crippen molar-refractivity contribution in [3.8, 4) is 0 Å². The van der Waals surface area contributed by atoms with Crippen molar-refractivity contribution in [2.45, 2.75) is 9.92 Å². The fourth-order valence-corrected chi connectivity index (χ4v) is 3.19. The standard InChI is InChI=1S/C20H19N3OS/c1-23(2)16-12-10-15(11-13-16)22-19(24)18-9-6-14-21-20(18)25-17-7-4-3-5-8-17/h3-14H,1-2H3,(H,22,24). The minimum absolute atomic E-state index is 0.163. The van der Waals surface area contributed by atoms with E-state index < -0.39 is 0 Å². The largest absolute Gasteiger partial charge is 0.378 e. The van der Waals surface area contributed by atoms with Gasteiger partial charge in [-0.2, -0.15) is 0 Å². The SMILES string of the molecule is CN(C)c1ccc(NC(=O)c2cccnc2Sc2ccccc2)cc1. The number of hydrogen-bond donors (Lipinski definition) is 1. The summed E-state index contributed by atoms with van der Waals surface area (Å²) >= 11 is 1.48. The maximum atomic E-state index is 12.7. The van der Waals surface area contributed by atoms with Gasteiger partial charge in [0.25, 0.3) is 5.91 Å². The Labute approximate surface area is 151 Å². The highest BCUT2D eigenvalue weighted by atomic mass is 32.2. The van der Waals surface area contributed by atoms with Gasteiger partial charge in [0.15, 0.2) is 0 Å². The summed E-state index contributed by atoms with van der Waals surface area (Å²) in [4.78, 5) is 20.1. The molecule has 0 aliphatic rings. The number of hydrogen-bond acceptors (Lipinski definition) is 4. The average Bonchev–Trinajstić information content (AvgIpc) is 2.63. The van der Waals surface area contributed by atoms with Crippen LogP contribution in [0.15, 0.2) is 82.8 Å². The zero-order chi connectivity index (χ0) is 17.6. The van der Waals surface area contributed by atoms with Crippen LogP contribution >= 0.6 is 11.8 Å². The van der Waals surface area contributed by atoms with Crippen molar-refractivity contribution in [2.75, 3.05) is 24.3 Å². The molecule has 1 heterocycles. The molecule has 1 amide bonds. The van der Waals surface area contributed by atoms with Gasteiger partial charge in [-0.1, -0.05) is 30.0 Å². The molecule has 0 spiro atoms. The summed E-state index contributed by atoms with van der Waals surface area (Å²) in [5.41, 5.74) is 2.41. The van der Waals surface area contributed by atoms with E-state index in [0.29, 0.717) is 10.6 Å². The number of carbonyl (C=O) groups excluding carboxylic acids is 1. The summed E-state index contributed by atoms with van der Waals surface area (Å²) in [7, 11) is 3.96. The van der Waals surface area contributed by atoms with E-state index in [1.165, 1.54) is 11.8 Å². The number of nitrogens with zero attached hydrogens (tertiary/aromatic N) is 2. The maximum absolute atomic E-state index is 12.7. The van der Waals surface area contributed by atoms with E-state index in [1.807, 2.05) is 73.6 Å². The van der Waals surface area contributed by atoms with E-state index in [1.54, 1.807) is 18.3 Å². The van der Waals surface area contributed by atoms with E-state index in [4.69, 9.17) is 0 Å². The molecule has 0 aliphatic heterocycles. The predicted molar refractivity (Wildman–Crippen MR) is 104 cm³/mol. The molecule has 5 heteroatoms. The van der Waals surface area contributed by atoms with Gasteiger partial charge in [-0.25, -0.2) is 4.98 Å². The molecule has 0 saturated heterocycles. The molecule has 0 fully saturated rings. The number of amides is 1. The summed E-state index contributed by atoms with van der Waals surface area (Å²) < 4.78 is 0. The highest BCUT2D eigenvalue weighted by Gasteiger charge is 2.13. The molecule has 0 radical (unpaired) electrons. The second kappa shape index (κ2) is 7.85. The Bertz CT molecular complexity index is 848. The second-order valence-electron chi connectivity index (χ2n) is 5.67. The fraction of sp³-hybridized carbons (Fsp3) is 0.100. The Morgan fingerprint density at radius 2 is 1.68 bits per heavy atom. The third kappa shape index (κ3) is 4.39. The van der Waals surface area contributed by atoms with Crippen molar-refractivity contribution < 1.29 is 4.79 Å². The lowest BCUT2D eigenvalue weighted by atomic mass is 10.2. The average molecular weight is 349 g/mol. The van der Waals surface area contributed by atoms with Crippen molar-refractivity contribution in [1.29, 1.82) is 0 Å². The quantitative estimate of drug-likeness (QED) is 0.734. The van der Waals surface area contributed by atoms with Crippen molar-refractivity contribution in [1.82, 2.24) is 4.98 Å². The van der Waals surface area contributed by atoms with Crippen LogP contribution in [0.3, 0.4) is 0 Å². The smallest absolute Gasteiger partial charge is 0.258 e. The van der Waals surface area contributed by atoms with Gasteiger partial charge in [-0.3, -0.25) is 4.79 Å². The summed E-state index contributed by atoms with van der Waals surface area (Å²) in [5, 5.41) is 3.63. The number of anilines is 2. The van der Waals surface area contributed by atoms with Crippen LogP contribution in [-0.4, -0.2) is 25.0 Å². The molecule has 0 unspecified atom stereocenters. The van der Waals surface area contributed by atoms with Crippen molar-refractivity contribution in [2.24, 2.45) is 0 Å². The molecule has 4 nitrogen and oxygen atoms in total. The third-order valence-electron chi connectivity index (χ3n) is 3.62. The van der Waals surface area contributed by atoms with Gasteiger partial charge in [0.05, 0.1) is 5.56 Å². The van der Waals surface area contributed by atoms with Crippen molar-refractivity contribution >= 4 is 29.0 Å². The van der Waals surface area contributed by atoms with Crippen LogP contribution in [0.25, 0.3) is 0 Å². The number of nitrogens with one attached hydrogen (secondary N) is 1. The van der Waals surface area contributed by atoms with Crippen LogP contribution in [0.1, 0.15) is 10.4 Å². The lowest BCUT2D eigenvalue weighted by Crippen LogP contribution is -2.14. The normalized spacial score (nSPS) is 10.3. The Hall–Kier alpha value is -2.79. The highest BCUT2D eigenvalue weighted by Crippen LogP contribution is 2.28. The minimum Gasteiger partial charge on any atom is -0.378 e. The molecule has 0 saturated carbocycles. The van der Waals surface area contributed by atoms with Crippen LogP contribution in [0.2, 0.25) is 0 Å². The van der Waals surface area contributed by atoms with Gasteiger partial charge >= 0.3 is 0 Å². The third-order valence-corrected chi connectivity index (χ3v) is 4.64. The minimum atomic E-state index is -0.163. The van der Waals surface area contributed by atoms with E-state index in [2.05, 4.69) is 10.3 Å². The van der Waals surface area contributed by atoms with E-state index in [0.717, 1.165) is 16.3 Å². The van der Waals surface area contributed by atoms with Crippen LogP contribution < -0.4 is 10.2 Å². The first-order valence-electron chi connectivity index (χ1n) is 7.90. The molecular formula is C20H19N3OS. The number of pyridine rings is 1. The van der Waals surface area contributed by atoms with Gasteiger partial charge in [-0.15, -0.1) is 0 Å². The van der Waals surface area contributed by atoms with Crippen molar-refractivity contribution in [3.05, 3.63) is 78.5 Å². The zero-order valence-corrected chi connectivity index (χ0v) is 15.0. The summed E-state index contributed by atoms with van der Waals surface area (Å²) in [5.74, 6) is -0.163. The van der Waals surface area contributed by atoms with Crippen LogP contribution in [0.4, 0.5) is 11.4 Å². The Morgan fingerprint density at radius 1 is 0.960 bits per heavy atom. The molecule has 0 atom stereocenters. The molecule has 25 heavy (non-hydrogen) atoms. The van der Waals surface area contributed by atoms with E-state index in [-0.39, 0.29) is 5.91 Å². The molecule has 3 rings (SSSR count). The topological polar surface area (TPSA) is 45.2 Å². The number of carbonyl (C=O) groups is 1. The monoisotopic (exact) mass is 349 g/mol. The molecule has 1 N–H and O–H groups in total. The zero-order valence-electron chi connectivity index (χ0n) is 14.1. The Morgan fingerprint density at radius 3 is 2.36 bits per heavy atom. The van der Waals surface area contributed by atoms with Gasteiger partial charge in [0.2, 0.25) is 0 Å². The lowest BCUT2D eigenvalue weighted by Gasteiger charge is -2.13. The van der Waals surface area contributed by atoms with Gasteiger partial charge < -0.3 is 10.2 Å². The molecule has 3 aromatic rings. The Kier molecular flexibility index (Phi) is 5.36. The summed E-state index contributed by atoms with van der Waals surface area (Å²) in [6.45, 7) is 0. The second-order valence-corrected chi connectivity index (χ2v) is 6.73. The molecule has 126 valence electrons. The molecule has 0 bridgehead atoms. The van der Waals surface area contributed by atoms with Crippen LogP contribution in [0, 0.1) is 0 Å². The molecule has 0 aliphatic carbocycles. The fourth-order valence-electron chi connectivity index (χ4n) is 2.29. The van der Waals surface area contributed by atoms with Gasteiger partial charge in [0, 0.05) is 36.6 Å². The lowest BCUT2D eigenvalue weighted by molar-refractivity contribution is 0.102. The van der Waals surface area contributed by atoms with Crippen LogP contribution in [0.5, 0.6) is 0 Å². The molecular weight excluding hydrogens is 330 g/mol. The number of rotatable bonds is 5. The molecule has 2 aromatic carbocycles. The first-order valence-corrected chi connectivity index (χ1v) is 8.72. The summed E-state index contributed by atoms with van der Waals surface area (Å²) in [6.07, 6.45) is 1.70. The van der Waals surface area contributed by atoms with Crippen molar-refractivity contribution in [3.63, 3.8) is 0 Å². The van der Waals surface area contributed by atoms with Gasteiger partial charge in [0.1, 0.15) is 5.03 Å². The number of aromatic nitrogens is 1. The first kappa shape index (κ1) is 17.0. The predicted octanol–water partition coefficient (Wildman–Crippen LogP) is 4.55. The number of benzene rings is 2. The van der Waals surface area contributed by atoms with E-state index >= 15 is 0 Å². The molecule has 1 aromatic heterocycles. The first-order chi connectivity index (χ1) is 12.1. The van der Waals surface area contributed by atoms with Crippen LogP contribution in [-0.2, 0) is 0 Å². The Balaban J connectivity index is 1.78. The van der Waals surface area contributed by atoms with Gasteiger partial charge in [-0.05, 0) is 48.5 Å². The van der Waals surface area contributed by atoms with E-state index in [9.17, 15) is 4.79 Å². The highest BCUT2D eigenvalue weighted by molar-refractivity contribution is 7.99. The summed E-state index contributed by atoms with van der Waals surface area (Å²) in [6, 6.07) is 21.2. The maximum Gasteiger partial charge on any atom is 0.258 e.